The molecule has 0 saturated carbocycles. The van der Waals surface area contributed by atoms with Crippen LogP contribution in [0.1, 0.15) is 24.8 Å². The number of carbonyl (C=O) groups is 1. The zero-order valence-electron chi connectivity index (χ0n) is 21.5. The Morgan fingerprint density at radius 1 is 0.923 bits per heavy atom. The van der Waals surface area contributed by atoms with Crippen LogP contribution in [0.25, 0.3) is 27.9 Å². The first kappa shape index (κ1) is 24.5. The van der Waals surface area contributed by atoms with Crippen LogP contribution in [0.3, 0.4) is 0 Å². The number of aromatic nitrogens is 4. The molecule has 1 saturated heterocycles. The highest BCUT2D eigenvalue weighted by Gasteiger charge is 2.30. The normalized spacial score (nSPS) is 14.6. The Balaban J connectivity index is 1.37. The van der Waals surface area contributed by atoms with Gasteiger partial charge in [-0.1, -0.05) is 61.5 Å². The van der Waals surface area contributed by atoms with Gasteiger partial charge in [0.05, 0.1) is 21.9 Å². The summed E-state index contributed by atoms with van der Waals surface area (Å²) < 4.78 is 1.81. The Kier molecular flexibility index (Phi) is 6.36. The van der Waals surface area contributed by atoms with Gasteiger partial charge < -0.3 is 9.80 Å². The van der Waals surface area contributed by atoms with Crippen LogP contribution in [-0.2, 0) is 4.79 Å². The van der Waals surface area contributed by atoms with Crippen molar-refractivity contribution in [3.63, 3.8) is 0 Å². The number of amides is 1. The van der Waals surface area contributed by atoms with Crippen LogP contribution >= 0.6 is 0 Å². The Morgan fingerprint density at radius 2 is 1.62 bits per heavy atom. The van der Waals surface area contributed by atoms with Crippen LogP contribution in [0.2, 0.25) is 0 Å². The molecule has 0 radical (unpaired) electrons. The minimum atomic E-state index is -0.411. The fourth-order valence-electron chi connectivity index (χ4n) is 5.36. The Bertz CT molecular complexity index is 1680. The van der Waals surface area contributed by atoms with Gasteiger partial charge in [-0.2, -0.15) is 0 Å². The van der Waals surface area contributed by atoms with Gasteiger partial charge in [0.2, 0.25) is 11.9 Å². The van der Waals surface area contributed by atoms with Gasteiger partial charge in [-0.05, 0) is 30.2 Å². The van der Waals surface area contributed by atoms with E-state index in [1.807, 2.05) is 66.4 Å². The van der Waals surface area contributed by atoms with E-state index >= 15 is 0 Å². The number of hydrogen-bond donors (Lipinski definition) is 0. The fourth-order valence-corrected chi connectivity index (χ4v) is 5.36. The van der Waals surface area contributed by atoms with E-state index in [0.717, 1.165) is 22.9 Å². The van der Waals surface area contributed by atoms with Crippen molar-refractivity contribution in [2.75, 3.05) is 31.1 Å². The molecule has 1 atom stereocenters. The van der Waals surface area contributed by atoms with Gasteiger partial charge in [0.25, 0.3) is 5.69 Å². The van der Waals surface area contributed by atoms with Crippen LogP contribution in [0, 0.1) is 10.1 Å². The highest BCUT2D eigenvalue weighted by Crippen LogP contribution is 2.33. The second-order valence-corrected chi connectivity index (χ2v) is 9.57. The van der Waals surface area contributed by atoms with E-state index in [1.165, 1.54) is 6.07 Å². The Morgan fingerprint density at radius 3 is 2.36 bits per heavy atom. The summed E-state index contributed by atoms with van der Waals surface area (Å²) in [6.07, 6.45) is 0.732. The monoisotopic (exact) mass is 521 g/mol. The van der Waals surface area contributed by atoms with Gasteiger partial charge in [-0.15, -0.1) is 10.2 Å². The molecule has 2 aromatic heterocycles. The lowest BCUT2D eigenvalue weighted by Gasteiger charge is -2.37. The van der Waals surface area contributed by atoms with Crippen molar-refractivity contribution < 1.29 is 9.72 Å². The van der Waals surface area contributed by atoms with Gasteiger partial charge in [0.15, 0.2) is 11.5 Å². The summed E-state index contributed by atoms with van der Waals surface area (Å²) in [7, 11) is 0. The van der Waals surface area contributed by atoms with Crippen LogP contribution in [0.4, 0.5) is 11.6 Å². The van der Waals surface area contributed by atoms with Crippen LogP contribution < -0.4 is 4.90 Å². The molecule has 3 aromatic carbocycles. The van der Waals surface area contributed by atoms with Crippen LogP contribution in [-0.4, -0.2) is 61.5 Å². The average molecular weight is 522 g/mol. The molecule has 39 heavy (non-hydrogen) atoms. The van der Waals surface area contributed by atoms with Gasteiger partial charge >= 0.3 is 0 Å². The lowest BCUT2D eigenvalue weighted by molar-refractivity contribution is -0.384. The maximum absolute atomic E-state index is 13.5. The summed E-state index contributed by atoms with van der Waals surface area (Å²) >= 11 is 0. The van der Waals surface area contributed by atoms with Gasteiger partial charge in [-0.25, -0.2) is 9.38 Å². The third-order valence-corrected chi connectivity index (χ3v) is 7.35. The van der Waals surface area contributed by atoms with Crippen molar-refractivity contribution in [1.82, 2.24) is 24.5 Å². The number of benzene rings is 3. The smallest absolute Gasteiger partial charge is 0.280 e. The molecule has 0 aliphatic carbocycles. The van der Waals surface area contributed by atoms with Crippen molar-refractivity contribution in [1.29, 1.82) is 0 Å². The number of nitro groups is 1. The van der Waals surface area contributed by atoms with Crippen molar-refractivity contribution in [2.24, 2.45) is 0 Å². The number of hydrogen-bond acceptors (Lipinski definition) is 7. The first-order valence-corrected chi connectivity index (χ1v) is 13.0. The largest absolute Gasteiger partial charge is 0.339 e. The number of nitro benzene ring substituents is 1. The number of para-hydroxylation sites is 2. The summed E-state index contributed by atoms with van der Waals surface area (Å²) in [5.41, 5.74) is 2.69. The van der Waals surface area contributed by atoms with Crippen molar-refractivity contribution in [3.05, 3.63) is 94.5 Å². The third kappa shape index (κ3) is 4.33. The lowest BCUT2D eigenvalue weighted by Crippen LogP contribution is -2.50. The summed E-state index contributed by atoms with van der Waals surface area (Å²) in [6.45, 7) is 4.25. The number of fused-ring (bicyclic) bond motifs is 3. The SMILES string of the molecule is CCC(C(=O)N1CCN(c2nc3ccccc3c3nnc(-c4ccccc4[N+](=O)[O-])n23)CC1)c1ccccc1. The van der Waals surface area contributed by atoms with Crippen molar-refractivity contribution in [3.8, 4) is 11.4 Å². The first-order valence-electron chi connectivity index (χ1n) is 13.0. The zero-order valence-corrected chi connectivity index (χ0v) is 21.5. The molecular weight excluding hydrogens is 494 g/mol. The number of piperazine rings is 1. The molecule has 196 valence electrons. The molecule has 6 rings (SSSR count). The highest BCUT2D eigenvalue weighted by atomic mass is 16.6. The standard InChI is InChI=1S/C29H27N7O3/c1-2-21(20-10-4-3-5-11-20)28(37)33-16-18-34(19-17-33)29-30-24-14-8-6-12-22(24)26-31-32-27(35(26)29)23-13-7-9-15-25(23)36(38)39/h3-15,21H,2,16-19H2,1H3. The molecule has 1 aliphatic heterocycles. The highest BCUT2D eigenvalue weighted by molar-refractivity contribution is 5.93. The van der Waals surface area contributed by atoms with Crippen molar-refractivity contribution in [2.45, 2.75) is 19.3 Å². The molecule has 1 fully saturated rings. The third-order valence-electron chi connectivity index (χ3n) is 7.35. The lowest BCUT2D eigenvalue weighted by atomic mass is 9.95. The topological polar surface area (TPSA) is 110 Å². The predicted octanol–water partition coefficient (Wildman–Crippen LogP) is 4.70. The first-order chi connectivity index (χ1) is 19.1. The number of anilines is 1. The second kappa shape index (κ2) is 10.1. The van der Waals surface area contributed by atoms with Gasteiger partial charge in [-0.3, -0.25) is 14.9 Å². The maximum atomic E-state index is 13.5. The Labute approximate surface area is 224 Å². The van der Waals surface area contributed by atoms with E-state index in [4.69, 9.17) is 4.98 Å². The zero-order chi connectivity index (χ0) is 26.9. The summed E-state index contributed by atoms with van der Waals surface area (Å²) in [6, 6.07) is 24.1. The minimum absolute atomic E-state index is 0.0483. The number of nitrogens with zero attached hydrogens (tertiary/aromatic N) is 7. The summed E-state index contributed by atoms with van der Waals surface area (Å²) in [5, 5.41) is 21.5. The molecule has 3 heterocycles. The van der Waals surface area contributed by atoms with E-state index in [0.29, 0.717) is 49.2 Å². The molecule has 1 amide bonds. The van der Waals surface area contributed by atoms with E-state index < -0.39 is 4.92 Å². The molecule has 5 aromatic rings. The molecule has 1 aliphatic rings. The molecule has 1 unspecified atom stereocenters. The predicted molar refractivity (Wildman–Crippen MR) is 149 cm³/mol. The molecular formula is C29H27N7O3. The minimum Gasteiger partial charge on any atom is -0.339 e. The van der Waals surface area contributed by atoms with Crippen LogP contribution in [0.15, 0.2) is 78.9 Å². The summed E-state index contributed by atoms with van der Waals surface area (Å²) in [5.74, 6) is 0.916. The summed E-state index contributed by atoms with van der Waals surface area (Å²) in [4.78, 5) is 33.9. The van der Waals surface area contributed by atoms with E-state index in [1.54, 1.807) is 22.6 Å². The average Bonchev–Trinajstić information content (AvgIpc) is 3.43. The van der Waals surface area contributed by atoms with Gasteiger partial charge in [0.1, 0.15) is 0 Å². The molecule has 0 bridgehead atoms. The van der Waals surface area contributed by atoms with Crippen LogP contribution in [0.5, 0.6) is 0 Å². The van der Waals surface area contributed by atoms with E-state index in [9.17, 15) is 14.9 Å². The quantitative estimate of drug-likeness (QED) is 0.235. The Hall–Kier alpha value is -4.86. The maximum Gasteiger partial charge on any atom is 0.280 e. The van der Waals surface area contributed by atoms with Gasteiger partial charge in [0, 0.05) is 37.6 Å². The fraction of sp³-hybridized carbons (Fsp3) is 0.241. The van der Waals surface area contributed by atoms with Crippen molar-refractivity contribution >= 4 is 34.1 Å². The number of rotatable bonds is 6. The molecule has 10 nitrogen and oxygen atoms in total. The number of carbonyl (C=O) groups excluding carboxylic acids is 1. The molecule has 0 spiro atoms. The molecule has 10 heteroatoms. The van der Waals surface area contributed by atoms with E-state index in [-0.39, 0.29) is 17.5 Å². The second-order valence-electron chi connectivity index (χ2n) is 9.57. The van der Waals surface area contributed by atoms with E-state index in [2.05, 4.69) is 15.1 Å². The molecule has 0 N–H and O–H groups in total.